The second-order valence-corrected chi connectivity index (χ2v) is 5.47. The number of halogens is 1. The molecular formula is C17H18ClNO2. The second-order valence-electron chi connectivity index (χ2n) is 5.03. The molecule has 0 fully saturated rings. The molecular weight excluding hydrogens is 286 g/mol. The summed E-state index contributed by atoms with van der Waals surface area (Å²) in [4.78, 5) is 12.1. The van der Waals surface area contributed by atoms with Crippen molar-refractivity contribution in [3.8, 4) is 5.75 Å². The van der Waals surface area contributed by atoms with Crippen molar-refractivity contribution in [1.29, 1.82) is 0 Å². The minimum absolute atomic E-state index is 0.211. The first-order chi connectivity index (χ1) is 9.95. The third kappa shape index (κ3) is 4.23. The van der Waals surface area contributed by atoms with Crippen molar-refractivity contribution >= 4 is 23.2 Å². The van der Waals surface area contributed by atoms with E-state index in [1.807, 2.05) is 32.0 Å². The summed E-state index contributed by atoms with van der Waals surface area (Å²) in [5.41, 5.74) is 2.83. The van der Waals surface area contributed by atoms with Gasteiger partial charge >= 0.3 is 0 Å². The number of hydrogen-bond acceptors (Lipinski definition) is 2. The monoisotopic (exact) mass is 303 g/mol. The first-order valence-corrected chi connectivity index (χ1v) is 7.14. The molecule has 0 spiro atoms. The summed E-state index contributed by atoms with van der Waals surface area (Å²) in [7, 11) is 0. The number of carbonyl (C=O) groups excluding carboxylic acids is 1. The van der Waals surface area contributed by atoms with Crippen molar-refractivity contribution in [3.63, 3.8) is 0 Å². The zero-order valence-electron chi connectivity index (χ0n) is 12.3. The third-order valence-corrected chi connectivity index (χ3v) is 3.33. The lowest BCUT2D eigenvalue weighted by Gasteiger charge is -2.16. The second kappa shape index (κ2) is 6.64. The van der Waals surface area contributed by atoms with Gasteiger partial charge in [-0.2, -0.15) is 0 Å². The van der Waals surface area contributed by atoms with Crippen molar-refractivity contribution < 1.29 is 9.53 Å². The summed E-state index contributed by atoms with van der Waals surface area (Å²) in [6.45, 7) is 5.70. The Kier molecular flexibility index (Phi) is 4.86. The van der Waals surface area contributed by atoms with Crippen LogP contribution < -0.4 is 10.1 Å². The molecule has 2 aromatic carbocycles. The highest BCUT2D eigenvalue weighted by Crippen LogP contribution is 2.21. The van der Waals surface area contributed by atoms with Gasteiger partial charge in [0.25, 0.3) is 5.91 Å². The highest BCUT2D eigenvalue weighted by atomic mass is 35.5. The van der Waals surface area contributed by atoms with Crippen LogP contribution in [0.3, 0.4) is 0 Å². The molecule has 2 aromatic rings. The van der Waals surface area contributed by atoms with Gasteiger partial charge in [-0.15, -0.1) is 0 Å². The molecule has 1 atom stereocenters. The third-order valence-electron chi connectivity index (χ3n) is 3.10. The Bertz CT molecular complexity index is 655. The van der Waals surface area contributed by atoms with Gasteiger partial charge in [-0.05, 0) is 50.6 Å². The van der Waals surface area contributed by atoms with Crippen molar-refractivity contribution in [1.82, 2.24) is 0 Å². The molecule has 0 aliphatic rings. The number of nitrogens with one attached hydrogen (secondary N) is 1. The van der Waals surface area contributed by atoms with Gasteiger partial charge in [0, 0.05) is 10.7 Å². The smallest absolute Gasteiger partial charge is 0.265 e. The van der Waals surface area contributed by atoms with Crippen molar-refractivity contribution in [2.24, 2.45) is 0 Å². The SMILES string of the molecule is Cc1ccc(O[C@H](C)C(=O)Nc2cccc(Cl)c2)c(C)c1. The first kappa shape index (κ1) is 15.4. The van der Waals surface area contributed by atoms with Crippen LogP contribution in [0.4, 0.5) is 5.69 Å². The van der Waals surface area contributed by atoms with Gasteiger partial charge in [-0.1, -0.05) is 35.4 Å². The molecule has 2 rings (SSSR count). The molecule has 1 N–H and O–H groups in total. The fourth-order valence-corrected chi connectivity index (χ4v) is 2.18. The Morgan fingerprint density at radius 1 is 1.19 bits per heavy atom. The molecule has 0 aliphatic carbocycles. The molecule has 4 heteroatoms. The summed E-state index contributed by atoms with van der Waals surface area (Å²) in [6, 6.07) is 12.9. The van der Waals surface area contributed by atoms with E-state index in [1.54, 1.807) is 31.2 Å². The van der Waals surface area contributed by atoms with Gasteiger partial charge < -0.3 is 10.1 Å². The van der Waals surface area contributed by atoms with E-state index >= 15 is 0 Å². The number of amides is 1. The van der Waals surface area contributed by atoms with Crippen molar-refractivity contribution in [3.05, 3.63) is 58.6 Å². The van der Waals surface area contributed by atoms with E-state index in [2.05, 4.69) is 5.32 Å². The van der Waals surface area contributed by atoms with E-state index < -0.39 is 6.10 Å². The number of benzene rings is 2. The van der Waals surface area contributed by atoms with E-state index in [0.29, 0.717) is 16.5 Å². The average molecular weight is 304 g/mol. The van der Waals surface area contributed by atoms with Gasteiger partial charge in [0.2, 0.25) is 0 Å². The maximum atomic E-state index is 12.1. The number of rotatable bonds is 4. The maximum absolute atomic E-state index is 12.1. The predicted octanol–water partition coefficient (Wildman–Crippen LogP) is 4.36. The molecule has 0 bridgehead atoms. The van der Waals surface area contributed by atoms with Gasteiger partial charge in [-0.3, -0.25) is 4.79 Å². The largest absolute Gasteiger partial charge is 0.481 e. The van der Waals surface area contributed by atoms with Crippen LogP contribution in [0.1, 0.15) is 18.1 Å². The molecule has 0 radical (unpaired) electrons. The summed E-state index contributed by atoms with van der Waals surface area (Å²) >= 11 is 5.89. The van der Waals surface area contributed by atoms with E-state index in [4.69, 9.17) is 16.3 Å². The van der Waals surface area contributed by atoms with Gasteiger partial charge in [-0.25, -0.2) is 0 Å². The molecule has 0 aromatic heterocycles. The van der Waals surface area contributed by atoms with Crippen LogP contribution in [0, 0.1) is 13.8 Å². The quantitative estimate of drug-likeness (QED) is 0.911. The Morgan fingerprint density at radius 2 is 1.95 bits per heavy atom. The number of hydrogen-bond donors (Lipinski definition) is 1. The molecule has 0 unspecified atom stereocenters. The lowest BCUT2D eigenvalue weighted by Crippen LogP contribution is -2.30. The summed E-state index contributed by atoms with van der Waals surface area (Å²) < 4.78 is 5.72. The molecule has 3 nitrogen and oxygen atoms in total. The number of carbonyl (C=O) groups is 1. The molecule has 1 amide bonds. The molecule has 0 aliphatic heterocycles. The number of aryl methyl sites for hydroxylation is 2. The Hall–Kier alpha value is -2.00. The summed E-state index contributed by atoms with van der Waals surface area (Å²) in [5, 5.41) is 3.36. The van der Waals surface area contributed by atoms with Crippen LogP contribution in [0.15, 0.2) is 42.5 Å². The lowest BCUT2D eigenvalue weighted by molar-refractivity contribution is -0.122. The van der Waals surface area contributed by atoms with E-state index in [-0.39, 0.29) is 5.91 Å². The van der Waals surface area contributed by atoms with Gasteiger partial charge in [0.1, 0.15) is 5.75 Å². The van der Waals surface area contributed by atoms with E-state index in [1.165, 1.54) is 0 Å². The Labute approximate surface area is 129 Å². The number of anilines is 1. The van der Waals surface area contributed by atoms with Crippen LogP contribution in [0.25, 0.3) is 0 Å². The van der Waals surface area contributed by atoms with Crippen molar-refractivity contribution in [2.75, 3.05) is 5.32 Å². The standard InChI is InChI=1S/C17H18ClNO2/c1-11-7-8-16(12(2)9-11)21-13(3)17(20)19-15-6-4-5-14(18)10-15/h4-10,13H,1-3H3,(H,19,20)/t13-/m1/s1. The van der Waals surface area contributed by atoms with Crippen LogP contribution >= 0.6 is 11.6 Å². The van der Waals surface area contributed by atoms with E-state index in [0.717, 1.165) is 11.1 Å². The Morgan fingerprint density at radius 3 is 2.62 bits per heavy atom. The van der Waals surface area contributed by atoms with Crippen molar-refractivity contribution in [2.45, 2.75) is 26.9 Å². The molecule has 110 valence electrons. The highest BCUT2D eigenvalue weighted by Gasteiger charge is 2.16. The number of ether oxygens (including phenoxy) is 1. The van der Waals surface area contributed by atoms with Crippen LogP contribution in [0.5, 0.6) is 5.75 Å². The summed E-state index contributed by atoms with van der Waals surface area (Å²) in [5.74, 6) is 0.506. The summed E-state index contributed by atoms with van der Waals surface area (Å²) in [6.07, 6.45) is -0.592. The van der Waals surface area contributed by atoms with Gasteiger partial charge in [0.15, 0.2) is 6.10 Å². The first-order valence-electron chi connectivity index (χ1n) is 6.76. The molecule has 0 saturated carbocycles. The van der Waals surface area contributed by atoms with Crippen LogP contribution in [-0.4, -0.2) is 12.0 Å². The molecule has 21 heavy (non-hydrogen) atoms. The topological polar surface area (TPSA) is 38.3 Å². The average Bonchev–Trinajstić information content (AvgIpc) is 2.41. The van der Waals surface area contributed by atoms with Gasteiger partial charge in [0.05, 0.1) is 0 Å². The van der Waals surface area contributed by atoms with E-state index in [9.17, 15) is 4.79 Å². The van der Waals surface area contributed by atoms with Crippen LogP contribution in [0.2, 0.25) is 5.02 Å². The fourth-order valence-electron chi connectivity index (χ4n) is 1.99. The molecule has 0 saturated heterocycles. The Balaban J connectivity index is 2.02. The maximum Gasteiger partial charge on any atom is 0.265 e. The minimum atomic E-state index is -0.592. The fraction of sp³-hybridized carbons (Fsp3) is 0.235. The normalized spacial score (nSPS) is 11.8. The minimum Gasteiger partial charge on any atom is -0.481 e. The predicted molar refractivity (Wildman–Crippen MR) is 86.1 cm³/mol. The lowest BCUT2D eigenvalue weighted by atomic mass is 10.1. The molecule has 0 heterocycles. The zero-order chi connectivity index (χ0) is 15.4. The zero-order valence-corrected chi connectivity index (χ0v) is 13.1. The highest BCUT2D eigenvalue weighted by molar-refractivity contribution is 6.30. The van der Waals surface area contributed by atoms with Crippen LogP contribution in [-0.2, 0) is 4.79 Å².